The molecule has 4 fully saturated rings. The Kier molecular flexibility index (Phi) is 3.04. The Balaban J connectivity index is 1.83. The first kappa shape index (κ1) is 12.0. The molecule has 0 radical (unpaired) electrons. The predicted octanol–water partition coefficient (Wildman–Crippen LogP) is 0.411. The highest BCUT2D eigenvalue weighted by Crippen LogP contribution is 2.49. The van der Waals surface area contributed by atoms with Crippen molar-refractivity contribution in [2.75, 3.05) is 13.1 Å². The molecule has 0 unspecified atom stereocenters. The quantitative estimate of drug-likeness (QED) is 0.713. The van der Waals surface area contributed by atoms with Crippen LogP contribution in [0.3, 0.4) is 0 Å². The molecule has 18 heavy (non-hydrogen) atoms. The number of amides is 1. The standard InChI is InChI=1S/C14H21NO3/c16-13(15-7-1-2-8-15)11-9-3-5-10(6-4-9)12(11)14(17)18/h9-12H,1-8H2,(H,17,18)/p-1/t9?,10?,11-,12-/m1/s1. The second-order valence-corrected chi connectivity index (χ2v) is 6.08. The lowest BCUT2D eigenvalue weighted by Gasteiger charge is -2.49. The van der Waals surface area contributed by atoms with Gasteiger partial charge in [0.15, 0.2) is 0 Å². The van der Waals surface area contributed by atoms with Gasteiger partial charge in [0.1, 0.15) is 0 Å². The summed E-state index contributed by atoms with van der Waals surface area (Å²) in [6.07, 6.45) is 6.10. The minimum Gasteiger partial charge on any atom is -0.550 e. The fraction of sp³-hybridized carbons (Fsp3) is 0.857. The van der Waals surface area contributed by atoms with Crippen LogP contribution in [-0.4, -0.2) is 29.9 Å². The topological polar surface area (TPSA) is 60.4 Å². The van der Waals surface area contributed by atoms with Crippen LogP contribution in [0.2, 0.25) is 0 Å². The molecule has 2 atom stereocenters. The number of aliphatic carboxylic acids is 1. The van der Waals surface area contributed by atoms with Crippen LogP contribution in [-0.2, 0) is 9.59 Å². The summed E-state index contributed by atoms with van der Waals surface area (Å²) in [7, 11) is 0. The molecule has 1 amide bonds. The molecule has 0 N–H and O–H groups in total. The molecule has 4 rings (SSSR count). The van der Waals surface area contributed by atoms with Crippen molar-refractivity contribution < 1.29 is 14.7 Å². The van der Waals surface area contributed by atoms with Crippen molar-refractivity contribution >= 4 is 11.9 Å². The van der Waals surface area contributed by atoms with Crippen LogP contribution in [0.4, 0.5) is 0 Å². The van der Waals surface area contributed by atoms with Crippen molar-refractivity contribution in [3.8, 4) is 0 Å². The van der Waals surface area contributed by atoms with E-state index in [0.29, 0.717) is 0 Å². The monoisotopic (exact) mass is 250 g/mol. The molecule has 4 nitrogen and oxygen atoms in total. The smallest absolute Gasteiger partial charge is 0.226 e. The molecule has 3 saturated carbocycles. The summed E-state index contributed by atoms with van der Waals surface area (Å²) in [5.41, 5.74) is 0. The Morgan fingerprint density at radius 3 is 1.89 bits per heavy atom. The number of carboxylic acids is 1. The molecule has 0 aromatic rings. The molecule has 3 aliphatic carbocycles. The summed E-state index contributed by atoms with van der Waals surface area (Å²) in [5.74, 6) is -1.26. The molecule has 2 bridgehead atoms. The number of carboxylic acid groups (broad SMARTS) is 1. The Morgan fingerprint density at radius 2 is 1.39 bits per heavy atom. The highest BCUT2D eigenvalue weighted by molar-refractivity contribution is 5.85. The molecular weight excluding hydrogens is 230 g/mol. The third-order valence-electron chi connectivity index (χ3n) is 5.19. The minimum atomic E-state index is -0.998. The highest BCUT2D eigenvalue weighted by atomic mass is 16.4. The number of carbonyl (C=O) groups excluding carboxylic acids is 2. The number of fused-ring (bicyclic) bond motifs is 3. The SMILES string of the molecule is O=C([O-])[C@@H]1C2CCC(CC2)[C@H]1C(=O)N1CCCC1. The Labute approximate surface area is 107 Å². The zero-order valence-corrected chi connectivity index (χ0v) is 10.6. The van der Waals surface area contributed by atoms with Gasteiger partial charge in [-0.2, -0.15) is 0 Å². The second-order valence-electron chi connectivity index (χ2n) is 6.08. The molecule has 100 valence electrons. The lowest BCUT2D eigenvalue weighted by molar-refractivity contribution is -0.318. The molecule has 4 aliphatic rings. The van der Waals surface area contributed by atoms with Crippen molar-refractivity contribution in [1.82, 2.24) is 4.90 Å². The van der Waals surface area contributed by atoms with Crippen molar-refractivity contribution in [1.29, 1.82) is 0 Å². The van der Waals surface area contributed by atoms with Crippen LogP contribution >= 0.6 is 0 Å². The summed E-state index contributed by atoms with van der Waals surface area (Å²) < 4.78 is 0. The summed E-state index contributed by atoms with van der Waals surface area (Å²) in [6, 6.07) is 0. The van der Waals surface area contributed by atoms with E-state index in [1.807, 2.05) is 4.90 Å². The van der Waals surface area contributed by atoms with Crippen molar-refractivity contribution in [3.05, 3.63) is 0 Å². The fourth-order valence-electron chi connectivity index (χ4n) is 4.29. The fourth-order valence-corrected chi connectivity index (χ4v) is 4.29. The van der Waals surface area contributed by atoms with Gasteiger partial charge in [0.05, 0.1) is 0 Å². The van der Waals surface area contributed by atoms with E-state index >= 15 is 0 Å². The zero-order valence-electron chi connectivity index (χ0n) is 10.6. The number of hydrogen-bond donors (Lipinski definition) is 0. The summed E-state index contributed by atoms with van der Waals surface area (Å²) in [5, 5.41) is 11.4. The van der Waals surface area contributed by atoms with Gasteiger partial charge in [-0.25, -0.2) is 0 Å². The highest BCUT2D eigenvalue weighted by Gasteiger charge is 2.48. The molecule has 0 aromatic heterocycles. The first-order chi connectivity index (χ1) is 8.68. The van der Waals surface area contributed by atoms with Crippen LogP contribution in [0, 0.1) is 23.7 Å². The molecule has 0 aromatic carbocycles. The van der Waals surface area contributed by atoms with Crippen molar-refractivity contribution in [3.63, 3.8) is 0 Å². The largest absolute Gasteiger partial charge is 0.550 e. The summed E-state index contributed by atoms with van der Waals surface area (Å²) in [6.45, 7) is 1.62. The van der Waals surface area contributed by atoms with E-state index in [0.717, 1.165) is 51.6 Å². The Hall–Kier alpha value is -1.06. The average molecular weight is 250 g/mol. The van der Waals surface area contributed by atoms with Crippen molar-refractivity contribution in [2.45, 2.75) is 38.5 Å². The van der Waals surface area contributed by atoms with E-state index in [4.69, 9.17) is 0 Å². The van der Waals surface area contributed by atoms with Gasteiger partial charge in [0.2, 0.25) is 5.91 Å². The third-order valence-corrected chi connectivity index (χ3v) is 5.19. The third kappa shape index (κ3) is 1.82. The van der Waals surface area contributed by atoms with Crippen LogP contribution in [0.15, 0.2) is 0 Å². The van der Waals surface area contributed by atoms with E-state index in [2.05, 4.69) is 0 Å². The first-order valence-electron chi connectivity index (χ1n) is 7.18. The molecule has 1 saturated heterocycles. The van der Waals surface area contributed by atoms with Gasteiger partial charge in [-0.1, -0.05) is 0 Å². The maximum atomic E-state index is 12.5. The molecule has 1 heterocycles. The Morgan fingerprint density at radius 1 is 0.889 bits per heavy atom. The molecule has 1 aliphatic heterocycles. The minimum absolute atomic E-state index is 0.0936. The van der Waals surface area contributed by atoms with E-state index in [1.165, 1.54) is 0 Å². The maximum Gasteiger partial charge on any atom is 0.226 e. The summed E-state index contributed by atoms with van der Waals surface area (Å²) in [4.78, 5) is 25.8. The van der Waals surface area contributed by atoms with E-state index in [9.17, 15) is 14.7 Å². The van der Waals surface area contributed by atoms with Crippen molar-refractivity contribution in [2.24, 2.45) is 23.7 Å². The maximum absolute atomic E-state index is 12.5. The normalized spacial score (nSPS) is 39.0. The van der Waals surface area contributed by atoms with Gasteiger partial charge in [-0.3, -0.25) is 4.79 Å². The van der Waals surface area contributed by atoms with Gasteiger partial charge in [-0.05, 0) is 50.4 Å². The number of hydrogen-bond acceptors (Lipinski definition) is 3. The second kappa shape index (κ2) is 4.56. The van der Waals surface area contributed by atoms with Crippen LogP contribution in [0.5, 0.6) is 0 Å². The average Bonchev–Trinajstić information content (AvgIpc) is 2.92. The van der Waals surface area contributed by atoms with Gasteiger partial charge in [0, 0.05) is 30.9 Å². The van der Waals surface area contributed by atoms with E-state index < -0.39 is 11.9 Å². The van der Waals surface area contributed by atoms with Gasteiger partial charge >= 0.3 is 0 Å². The predicted molar refractivity (Wildman–Crippen MR) is 63.2 cm³/mol. The molecule has 4 heteroatoms. The van der Waals surface area contributed by atoms with Gasteiger partial charge < -0.3 is 14.8 Å². The lowest BCUT2D eigenvalue weighted by atomic mass is 9.58. The summed E-state index contributed by atoms with van der Waals surface area (Å²) >= 11 is 0. The molecular formula is C14H20NO3-. The van der Waals surface area contributed by atoms with Crippen LogP contribution in [0.1, 0.15) is 38.5 Å². The van der Waals surface area contributed by atoms with Crippen LogP contribution in [0.25, 0.3) is 0 Å². The number of nitrogens with zero attached hydrogens (tertiary/aromatic N) is 1. The Bertz CT molecular complexity index is 354. The van der Waals surface area contributed by atoms with Gasteiger partial charge in [-0.15, -0.1) is 0 Å². The first-order valence-corrected chi connectivity index (χ1v) is 7.18. The number of carbonyl (C=O) groups is 2. The zero-order chi connectivity index (χ0) is 12.7. The number of likely N-dealkylation sites (tertiary alicyclic amines) is 1. The number of rotatable bonds is 2. The lowest BCUT2D eigenvalue weighted by Crippen LogP contribution is -2.54. The van der Waals surface area contributed by atoms with E-state index in [-0.39, 0.29) is 23.7 Å². The molecule has 0 spiro atoms. The van der Waals surface area contributed by atoms with E-state index in [1.54, 1.807) is 0 Å². The van der Waals surface area contributed by atoms with Crippen LogP contribution < -0.4 is 5.11 Å². The van der Waals surface area contributed by atoms with Gasteiger partial charge in [0.25, 0.3) is 0 Å².